The quantitative estimate of drug-likeness (QED) is 0.518. The van der Waals surface area contributed by atoms with Crippen molar-refractivity contribution >= 4 is 0 Å². The zero-order chi connectivity index (χ0) is 7.14. The lowest BCUT2D eigenvalue weighted by Crippen LogP contribution is -2.59. The molecule has 0 bridgehead atoms. The predicted molar refractivity (Wildman–Crippen MR) is 41.4 cm³/mol. The molecule has 2 fully saturated rings. The van der Waals surface area contributed by atoms with Gasteiger partial charge in [-0.1, -0.05) is 6.58 Å². The molecule has 0 amide bonds. The maximum atomic E-state index is 3.86. The van der Waals surface area contributed by atoms with Crippen LogP contribution >= 0.6 is 0 Å². The average Bonchev–Trinajstić information content (AvgIpc) is 1.77. The van der Waals surface area contributed by atoms with Gasteiger partial charge >= 0.3 is 0 Å². The smallest absolute Gasteiger partial charge is 0.0916 e. The maximum Gasteiger partial charge on any atom is 0.0916 e. The van der Waals surface area contributed by atoms with Gasteiger partial charge in [-0.3, -0.25) is 0 Å². The lowest BCUT2D eigenvalue weighted by atomic mass is 9.74. The van der Waals surface area contributed by atoms with Gasteiger partial charge in [0.15, 0.2) is 0 Å². The molecular weight excluding hydrogens is 124 g/mol. The molecule has 2 rings (SSSR count). The van der Waals surface area contributed by atoms with Gasteiger partial charge in [0.2, 0.25) is 0 Å². The Labute approximate surface area is 61.7 Å². The Morgan fingerprint density at radius 2 is 2.20 bits per heavy atom. The summed E-state index contributed by atoms with van der Waals surface area (Å²) >= 11 is 0. The van der Waals surface area contributed by atoms with Crippen LogP contribution in [0.1, 0.15) is 19.8 Å². The first-order chi connectivity index (χ1) is 4.77. The molecule has 1 aliphatic heterocycles. The third-order valence-corrected chi connectivity index (χ3v) is 2.73. The van der Waals surface area contributed by atoms with Crippen molar-refractivity contribution in [1.82, 2.24) is 10.6 Å². The van der Waals surface area contributed by atoms with Gasteiger partial charge in [0.05, 0.1) is 5.82 Å². The minimum absolute atomic E-state index is 0.632. The Kier molecular flexibility index (Phi) is 1.16. The van der Waals surface area contributed by atoms with Gasteiger partial charge in [-0.05, 0) is 25.7 Å². The van der Waals surface area contributed by atoms with Crippen LogP contribution in [0.2, 0.25) is 0 Å². The van der Waals surface area contributed by atoms with E-state index in [0.29, 0.717) is 6.04 Å². The lowest BCUT2D eigenvalue weighted by Gasteiger charge is -2.47. The molecule has 56 valence electrons. The Morgan fingerprint density at radius 3 is 2.70 bits per heavy atom. The number of fused-ring (bicyclic) bond motifs is 1. The van der Waals surface area contributed by atoms with Crippen molar-refractivity contribution in [2.45, 2.75) is 31.8 Å². The first-order valence-corrected chi connectivity index (χ1v) is 3.99. The van der Waals surface area contributed by atoms with Crippen LogP contribution in [-0.4, -0.2) is 12.1 Å². The van der Waals surface area contributed by atoms with Crippen molar-refractivity contribution in [3.8, 4) is 0 Å². The summed E-state index contributed by atoms with van der Waals surface area (Å²) in [7, 11) is 0. The fourth-order valence-electron chi connectivity index (χ4n) is 1.95. The molecule has 0 aromatic carbocycles. The fourth-order valence-corrected chi connectivity index (χ4v) is 1.95. The van der Waals surface area contributed by atoms with Crippen molar-refractivity contribution < 1.29 is 0 Å². The van der Waals surface area contributed by atoms with Crippen LogP contribution in [0, 0.1) is 5.92 Å². The van der Waals surface area contributed by atoms with Gasteiger partial charge in [0, 0.05) is 12.1 Å². The number of rotatable bonds is 0. The first kappa shape index (κ1) is 6.08. The second kappa shape index (κ2) is 1.91. The normalized spacial score (nSPS) is 44.5. The highest BCUT2D eigenvalue weighted by atomic mass is 15.2. The zero-order valence-corrected chi connectivity index (χ0v) is 6.35. The van der Waals surface area contributed by atoms with E-state index in [1.165, 1.54) is 12.8 Å². The van der Waals surface area contributed by atoms with Crippen LogP contribution in [0.5, 0.6) is 0 Å². The third-order valence-electron chi connectivity index (χ3n) is 2.73. The largest absolute Gasteiger partial charge is 0.370 e. The highest BCUT2D eigenvalue weighted by Crippen LogP contribution is 2.33. The van der Waals surface area contributed by atoms with Crippen molar-refractivity contribution in [3.63, 3.8) is 0 Å². The van der Waals surface area contributed by atoms with Gasteiger partial charge in [0.1, 0.15) is 0 Å². The Balaban J connectivity index is 2.05. The van der Waals surface area contributed by atoms with E-state index in [9.17, 15) is 0 Å². The second-order valence-electron chi connectivity index (χ2n) is 3.40. The van der Waals surface area contributed by atoms with Gasteiger partial charge in [-0.2, -0.15) is 0 Å². The molecule has 1 aliphatic carbocycles. The number of hydrogen-bond acceptors (Lipinski definition) is 2. The van der Waals surface area contributed by atoms with E-state index < -0.39 is 0 Å². The summed E-state index contributed by atoms with van der Waals surface area (Å²) in [6.45, 7) is 6.10. The highest BCUT2D eigenvalue weighted by molar-refractivity contribution is 5.07. The molecule has 2 aliphatic rings. The van der Waals surface area contributed by atoms with Gasteiger partial charge in [-0.15, -0.1) is 0 Å². The molecule has 0 aromatic heterocycles. The molecule has 1 heterocycles. The molecular formula is C8H14N2. The summed E-state index contributed by atoms with van der Waals surface area (Å²) in [5.74, 6) is 1.86. The Hall–Kier alpha value is -0.660. The SMILES string of the molecule is C=C1NC(C)C2CCC2N1. The van der Waals surface area contributed by atoms with Crippen LogP contribution in [0.3, 0.4) is 0 Å². The summed E-state index contributed by atoms with van der Waals surface area (Å²) in [4.78, 5) is 0. The van der Waals surface area contributed by atoms with Gasteiger partial charge in [-0.25, -0.2) is 0 Å². The van der Waals surface area contributed by atoms with Gasteiger partial charge in [0.25, 0.3) is 0 Å². The van der Waals surface area contributed by atoms with Crippen LogP contribution in [-0.2, 0) is 0 Å². The molecule has 2 N–H and O–H groups in total. The molecule has 0 radical (unpaired) electrons. The molecule has 3 atom stereocenters. The third kappa shape index (κ3) is 0.713. The number of nitrogens with one attached hydrogen (secondary N) is 2. The van der Waals surface area contributed by atoms with E-state index in [1.807, 2.05) is 0 Å². The average molecular weight is 138 g/mol. The summed E-state index contributed by atoms with van der Waals surface area (Å²) < 4.78 is 0. The topological polar surface area (TPSA) is 24.1 Å². The van der Waals surface area contributed by atoms with Crippen molar-refractivity contribution in [1.29, 1.82) is 0 Å². The monoisotopic (exact) mass is 138 g/mol. The summed E-state index contributed by atoms with van der Waals surface area (Å²) in [6, 6.07) is 1.36. The molecule has 10 heavy (non-hydrogen) atoms. The Morgan fingerprint density at radius 1 is 1.40 bits per heavy atom. The maximum absolute atomic E-state index is 3.86. The van der Waals surface area contributed by atoms with E-state index in [0.717, 1.165) is 17.8 Å². The van der Waals surface area contributed by atoms with Crippen LogP contribution in [0.25, 0.3) is 0 Å². The molecule has 0 aromatic rings. The lowest BCUT2D eigenvalue weighted by molar-refractivity contribution is 0.144. The molecule has 1 saturated heterocycles. The summed E-state index contributed by atoms with van der Waals surface area (Å²) in [6.07, 6.45) is 2.70. The van der Waals surface area contributed by atoms with Crippen molar-refractivity contribution in [3.05, 3.63) is 12.4 Å². The summed E-state index contributed by atoms with van der Waals surface area (Å²) in [5, 5.41) is 6.65. The van der Waals surface area contributed by atoms with Crippen LogP contribution < -0.4 is 10.6 Å². The van der Waals surface area contributed by atoms with Gasteiger partial charge < -0.3 is 10.6 Å². The van der Waals surface area contributed by atoms with E-state index in [2.05, 4.69) is 24.1 Å². The van der Waals surface area contributed by atoms with Crippen LogP contribution in [0.15, 0.2) is 12.4 Å². The minimum Gasteiger partial charge on any atom is -0.370 e. The molecule has 2 nitrogen and oxygen atoms in total. The van der Waals surface area contributed by atoms with E-state index in [-0.39, 0.29) is 0 Å². The fraction of sp³-hybridized carbons (Fsp3) is 0.750. The predicted octanol–water partition coefficient (Wildman–Crippen LogP) is 0.817. The van der Waals surface area contributed by atoms with E-state index in [1.54, 1.807) is 0 Å². The molecule has 2 heteroatoms. The first-order valence-electron chi connectivity index (χ1n) is 3.99. The van der Waals surface area contributed by atoms with Crippen molar-refractivity contribution in [2.75, 3.05) is 0 Å². The second-order valence-corrected chi connectivity index (χ2v) is 3.40. The molecule has 3 unspecified atom stereocenters. The van der Waals surface area contributed by atoms with Crippen LogP contribution in [0.4, 0.5) is 0 Å². The molecule has 1 saturated carbocycles. The van der Waals surface area contributed by atoms with E-state index in [4.69, 9.17) is 0 Å². The van der Waals surface area contributed by atoms with E-state index >= 15 is 0 Å². The van der Waals surface area contributed by atoms with Crippen molar-refractivity contribution in [2.24, 2.45) is 5.92 Å². The zero-order valence-electron chi connectivity index (χ0n) is 6.35. The summed E-state index contributed by atoms with van der Waals surface area (Å²) in [5.41, 5.74) is 0. The minimum atomic E-state index is 0.632. The Bertz CT molecular complexity index is 155. The standard InChI is InChI=1S/C8H14N2/c1-5-7-3-4-8(7)10-6(2)9-5/h5,7-10H,2-4H2,1H3. The highest BCUT2D eigenvalue weighted by Gasteiger charge is 2.38. The molecule has 0 spiro atoms. The number of hydrogen-bond donors (Lipinski definition) is 2.